The molecule has 0 radical (unpaired) electrons. The second-order valence-electron chi connectivity index (χ2n) is 6.48. The first kappa shape index (κ1) is 23.6. The summed E-state index contributed by atoms with van der Waals surface area (Å²) in [6, 6.07) is 15.1. The largest absolute Gasteiger partial charge is 0.418 e. The molecule has 32 heavy (non-hydrogen) atoms. The summed E-state index contributed by atoms with van der Waals surface area (Å²) in [4.78, 5) is 24.9. The number of anilines is 2. The molecule has 0 bridgehead atoms. The Balaban J connectivity index is 1.57. The molecule has 0 aromatic heterocycles. The van der Waals surface area contributed by atoms with Gasteiger partial charge in [0.1, 0.15) is 5.82 Å². The highest BCUT2D eigenvalue weighted by molar-refractivity contribution is 8.00. The highest BCUT2D eigenvalue weighted by Crippen LogP contribution is 2.36. The van der Waals surface area contributed by atoms with Crippen LogP contribution in [-0.4, -0.2) is 17.6 Å². The topological polar surface area (TPSA) is 58.2 Å². The first-order valence-electron chi connectivity index (χ1n) is 9.09. The number of hydrogen-bond acceptors (Lipinski definition) is 3. The molecular formula is C22H15ClF4N2O2S. The summed E-state index contributed by atoms with van der Waals surface area (Å²) in [6.45, 7) is 0. The average Bonchev–Trinajstić information content (AvgIpc) is 2.74. The smallest absolute Gasteiger partial charge is 0.325 e. The van der Waals surface area contributed by atoms with Gasteiger partial charge in [0.2, 0.25) is 5.91 Å². The number of rotatable bonds is 6. The first-order chi connectivity index (χ1) is 15.1. The molecule has 2 amide bonds. The van der Waals surface area contributed by atoms with Gasteiger partial charge in [-0.3, -0.25) is 9.59 Å². The third-order valence-corrected chi connectivity index (χ3v) is 5.41. The number of carbonyl (C=O) groups is 2. The molecule has 0 saturated heterocycles. The van der Waals surface area contributed by atoms with Gasteiger partial charge >= 0.3 is 6.18 Å². The fourth-order valence-electron chi connectivity index (χ4n) is 2.67. The molecule has 166 valence electrons. The molecule has 0 atom stereocenters. The normalized spacial score (nSPS) is 11.2. The fraction of sp³-hybridized carbons (Fsp3) is 0.0909. The van der Waals surface area contributed by atoms with Crippen LogP contribution in [0, 0.1) is 5.82 Å². The Morgan fingerprint density at radius 2 is 1.62 bits per heavy atom. The van der Waals surface area contributed by atoms with Gasteiger partial charge in [0, 0.05) is 15.6 Å². The van der Waals surface area contributed by atoms with E-state index >= 15 is 0 Å². The van der Waals surface area contributed by atoms with E-state index in [1.165, 1.54) is 24.3 Å². The van der Waals surface area contributed by atoms with Gasteiger partial charge < -0.3 is 10.6 Å². The Bertz CT molecular complexity index is 1140. The molecule has 10 heteroatoms. The van der Waals surface area contributed by atoms with Crippen molar-refractivity contribution in [1.82, 2.24) is 0 Å². The van der Waals surface area contributed by atoms with Crippen molar-refractivity contribution < 1.29 is 27.2 Å². The Morgan fingerprint density at radius 3 is 2.28 bits per heavy atom. The van der Waals surface area contributed by atoms with E-state index in [0.29, 0.717) is 10.6 Å². The Kier molecular flexibility index (Phi) is 7.42. The third-order valence-electron chi connectivity index (χ3n) is 4.16. The van der Waals surface area contributed by atoms with Crippen LogP contribution in [0.2, 0.25) is 5.02 Å². The zero-order chi connectivity index (χ0) is 23.3. The highest BCUT2D eigenvalue weighted by atomic mass is 35.5. The molecule has 4 nitrogen and oxygen atoms in total. The van der Waals surface area contributed by atoms with Crippen molar-refractivity contribution in [3.8, 4) is 0 Å². The van der Waals surface area contributed by atoms with E-state index in [4.69, 9.17) is 11.6 Å². The van der Waals surface area contributed by atoms with Crippen molar-refractivity contribution in [1.29, 1.82) is 0 Å². The van der Waals surface area contributed by atoms with Crippen molar-refractivity contribution in [3.63, 3.8) is 0 Å². The Hall–Kier alpha value is -3.04. The molecule has 0 fully saturated rings. The fourth-order valence-corrected chi connectivity index (χ4v) is 3.54. The number of benzene rings is 3. The van der Waals surface area contributed by atoms with Gasteiger partial charge in [-0.1, -0.05) is 23.7 Å². The molecule has 3 aromatic carbocycles. The maximum atomic E-state index is 13.7. The van der Waals surface area contributed by atoms with Crippen LogP contribution < -0.4 is 10.6 Å². The minimum atomic E-state index is -4.66. The lowest BCUT2D eigenvalue weighted by atomic mass is 10.1. The summed E-state index contributed by atoms with van der Waals surface area (Å²) >= 11 is 6.72. The molecule has 0 heterocycles. The quantitative estimate of drug-likeness (QED) is 0.312. The summed E-state index contributed by atoms with van der Waals surface area (Å²) in [6.07, 6.45) is -4.66. The number of alkyl halides is 3. The van der Waals surface area contributed by atoms with Gasteiger partial charge in [0.25, 0.3) is 5.91 Å². The van der Waals surface area contributed by atoms with Crippen molar-refractivity contribution in [2.45, 2.75) is 11.1 Å². The Morgan fingerprint density at radius 1 is 0.938 bits per heavy atom. The number of amides is 2. The van der Waals surface area contributed by atoms with E-state index in [2.05, 4.69) is 10.6 Å². The zero-order valence-electron chi connectivity index (χ0n) is 16.2. The van der Waals surface area contributed by atoms with Crippen LogP contribution in [0.15, 0.2) is 71.6 Å². The molecule has 0 aliphatic rings. The van der Waals surface area contributed by atoms with E-state index in [0.717, 1.165) is 23.9 Å². The molecule has 3 aromatic rings. The van der Waals surface area contributed by atoms with Crippen molar-refractivity contribution in [2.24, 2.45) is 0 Å². The lowest BCUT2D eigenvalue weighted by Crippen LogP contribution is -2.18. The molecule has 0 spiro atoms. The summed E-state index contributed by atoms with van der Waals surface area (Å²) in [7, 11) is 0. The predicted octanol–water partition coefficient (Wildman–Crippen LogP) is 6.48. The van der Waals surface area contributed by atoms with Gasteiger partial charge in [0.15, 0.2) is 0 Å². The van der Waals surface area contributed by atoms with Crippen molar-refractivity contribution >= 4 is 46.6 Å². The molecule has 0 saturated carbocycles. The van der Waals surface area contributed by atoms with Gasteiger partial charge in [-0.15, -0.1) is 11.8 Å². The second-order valence-corrected chi connectivity index (χ2v) is 7.97. The molecule has 2 N–H and O–H groups in total. The van der Waals surface area contributed by atoms with E-state index < -0.39 is 29.4 Å². The SMILES string of the molecule is O=C(CSc1ccc(NC(=O)c2ccccc2F)cc1)Nc1ccc(Cl)cc1C(F)(F)F. The molecule has 0 aliphatic heterocycles. The minimum Gasteiger partial charge on any atom is -0.325 e. The maximum Gasteiger partial charge on any atom is 0.418 e. The van der Waals surface area contributed by atoms with E-state index in [1.807, 2.05) is 0 Å². The van der Waals surface area contributed by atoms with Crippen LogP contribution in [0.3, 0.4) is 0 Å². The lowest BCUT2D eigenvalue weighted by Gasteiger charge is -2.14. The van der Waals surface area contributed by atoms with Crippen molar-refractivity contribution in [3.05, 3.63) is 88.7 Å². The molecular weight excluding hydrogens is 468 g/mol. The number of thioether (sulfide) groups is 1. The summed E-state index contributed by atoms with van der Waals surface area (Å²) in [5.74, 6) is -2.01. The van der Waals surface area contributed by atoms with Crippen LogP contribution in [0.25, 0.3) is 0 Å². The minimum absolute atomic E-state index is 0.0908. The standard InChI is InChI=1S/C22H15ClF4N2O2S/c23-13-5-10-19(17(11-13)22(25,26)27)29-20(30)12-32-15-8-6-14(7-9-15)28-21(31)16-3-1-2-4-18(16)24/h1-11H,12H2,(H,28,31)(H,29,30). The van der Waals surface area contributed by atoms with Crippen LogP contribution in [0.4, 0.5) is 28.9 Å². The highest BCUT2D eigenvalue weighted by Gasteiger charge is 2.34. The van der Waals surface area contributed by atoms with Gasteiger partial charge in [-0.05, 0) is 54.6 Å². The summed E-state index contributed by atoms with van der Waals surface area (Å²) in [5.41, 5.74) is -1.08. The van der Waals surface area contributed by atoms with Crippen LogP contribution >= 0.6 is 23.4 Å². The monoisotopic (exact) mass is 482 g/mol. The molecule has 0 unspecified atom stereocenters. The number of carbonyl (C=O) groups excluding carboxylic acids is 2. The Labute approximate surface area is 190 Å². The maximum absolute atomic E-state index is 13.7. The van der Waals surface area contributed by atoms with E-state index in [9.17, 15) is 27.2 Å². The summed E-state index contributed by atoms with van der Waals surface area (Å²) in [5, 5.41) is 4.72. The van der Waals surface area contributed by atoms with Crippen molar-refractivity contribution in [2.75, 3.05) is 16.4 Å². The van der Waals surface area contributed by atoms with E-state index in [1.54, 1.807) is 30.3 Å². The summed E-state index contributed by atoms with van der Waals surface area (Å²) < 4.78 is 53.0. The predicted molar refractivity (Wildman–Crippen MR) is 117 cm³/mol. The van der Waals surface area contributed by atoms with Gasteiger partial charge in [-0.25, -0.2) is 4.39 Å². The average molecular weight is 483 g/mol. The number of nitrogens with one attached hydrogen (secondary N) is 2. The third kappa shape index (κ3) is 6.24. The zero-order valence-corrected chi connectivity index (χ0v) is 17.7. The number of halogens is 5. The van der Waals surface area contributed by atoms with Crippen LogP contribution in [-0.2, 0) is 11.0 Å². The second kappa shape index (κ2) is 10.1. The van der Waals surface area contributed by atoms with Crippen LogP contribution in [0.1, 0.15) is 15.9 Å². The van der Waals surface area contributed by atoms with Gasteiger partial charge in [0.05, 0.1) is 22.6 Å². The van der Waals surface area contributed by atoms with E-state index in [-0.39, 0.29) is 22.0 Å². The van der Waals surface area contributed by atoms with Gasteiger partial charge in [-0.2, -0.15) is 13.2 Å². The molecule has 0 aliphatic carbocycles. The van der Waals surface area contributed by atoms with Crippen LogP contribution in [0.5, 0.6) is 0 Å². The number of hydrogen-bond donors (Lipinski definition) is 2. The molecule has 3 rings (SSSR count). The lowest BCUT2D eigenvalue weighted by molar-refractivity contribution is -0.137. The first-order valence-corrected chi connectivity index (χ1v) is 10.4.